The molecule has 0 fully saturated rings. The van der Waals surface area contributed by atoms with E-state index in [2.05, 4.69) is 68.7 Å². The van der Waals surface area contributed by atoms with Crippen LogP contribution in [0.15, 0.2) is 148 Å². The Balaban J connectivity index is 0.000000181. The van der Waals surface area contributed by atoms with E-state index in [1.165, 1.54) is 5.56 Å². The Morgan fingerprint density at radius 1 is 0.627 bits per heavy atom. The monoisotopic (exact) mass is 848 g/mol. The topological polar surface area (TPSA) is 102 Å². The van der Waals surface area contributed by atoms with Gasteiger partial charge in [0, 0.05) is 70.8 Å². The molecule has 2 heterocycles. The van der Waals surface area contributed by atoms with Crippen molar-refractivity contribution in [2.75, 3.05) is 58.3 Å². The molecule has 0 bridgehead atoms. The van der Waals surface area contributed by atoms with Crippen molar-refractivity contribution in [3.8, 4) is 33.8 Å². The van der Waals surface area contributed by atoms with Gasteiger partial charge in [-0.2, -0.15) is 0 Å². The molecular weight excluding hydrogens is 804 g/mol. The van der Waals surface area contributed by atoms with Gasteiger partial charge in [0.15, 0.2) is 0 Å². The van der Waals surface area contributed by atoms with Crippen molar-refractivity contribution in [3.05, 3.63) is 166 Å². The maximum Gasteiger partial charge on any atom is 0.248 e. The van der Waals surface area contributed by atoms with E-state index in [1.54, 1.807) is 33.3 Å². The standard InChI is InChI=1S/C27H28N2O3.C22H17BrN2O2/c1-29-24-17-25(32-3)22(20-11-5-4-6-12-20)16-23(24)27(28-18-26(29)30)21-13-7-9-19(15-21)10-8-14-31-2;1-27-20-12-19-17(11-16(20)14-7-3-2-4-8-14)22(24-13-21(26)25-19)15-9-5-6-10-18(15)23/h4-7,9,11-13,15-17H,8,10,14,18H2,1-3H3;2-12H,13H2,1H3,(H,25,26). The first-order valence-corrected chi connectivity index (χ1v) is 20.1. The number of carbonyl (C=O) groups excluding carboxylic acids is 2. The van der Waals surface area contributed by atoms with Crippen molar-refractivity contribution >= 4 is 50.5 Å². The second-order valence-electron chi connectivity index (χ2n) is 14.0. The molecule has 10 heteroatoms. The second-order valence-corrected chi connectivity index (χ2v) is 14.9. The zero-order valence-corrected chi connectivity index (χ0v) is 35.1. The molecule has 0 spiro atoms. The SMILES string of the molecule is COCCCc1cccc(C2=NCC(=O)N(C)c3cc(OC)c(-c4ccccc4)cc32)c1.COc1cc2c(cc1-c1ccccc1)C(c1ccccc1Br)=NCC(=O)N2. The smallest absolute Gasteiger partial charge is 0.248 e. The number of amides is 2. The van der Waals surface area contributed by atoms with Crippen LogP contribution in [0.1, 0.15) is 34.2 Å². The highest BCUT2D eigenvalue weighted by Crippen LogP contribution is 2.40. The number of benzene rings is 6. The molecule has 0 atom stereocenters. The number of likely N-dealkylation sites (N-methyl/N-ethyl adjacent to an activating group) is 1. The predicted molar refractivity (Wildman–Crippen MR) is 241 cm³/mol. The lowest BCUT2D eigenvalue weighted by Gasteiger charge is -2.21. The highest BCUT2D eigenvalue weighted by atomic mass is 79.9. The minimum Gasteiger partial charge on any atom is -0.496 e. The van der Waals surface area contributed by atoms with Crippen LogP contribution in [0.25, 0.3) is 22.3 Å². The van der Waals surface area contributed by atoms with Gasteiger partial charge in [-0.25, -0.2) is 0 Å². The van der Waals surface area contributed by atoms with Crippen LogP contribution >= 0.6 is 15.9 Å². The van der Waals surface area contributed by atoms with Crippen LogP contribution in [-0.4, -0.2) is 71.3 Å². The summed E-state index contributed by atoms with van der Waals surface area (Å²) in [4.78, 5) is 35.9. The third kappa shape index (κ3) is 9.19. The average Bonchev–Trinajstić information content (AvgIpc) is 3.51. The summed E-state index contributed by atoms with van der Waals surface area (Å²) in [6.07, 6.45) is 1.89. The highest BCUT2D eigenvalue weighted by molar-refractivity contribution is 9.10. The van der Waals surface area contributed by atoms with E-state index in [0.29, 0.717) is 11.4 Å². The molecule has 0 aliphatic carbocycles. The number of nitrogens with one attached hydrogen (secondary N) is 1. The van der Waals surface area contributed by atoms with Crippen LogP contribution in [0.2, 0.25) is 0 Å². The Morgan fingerprint density at radius 2 is 1.24 bits per heavy atom. The number of halogens is 1. The fourth-order valence-corrected chi connectivity index (χ4v) is 7.74. The summed E-state index contributed by atoms with van der Waals surface area (Å²) in [6.45, 7) is 0.916. The van der Waals surface area contributed by atoms with E-state index in [0.717, 1.165) is 91.3 Å². The van der Waals surface area contributed by atoms with Gasteiger partial charge in [-0.15, -0.1) is 0 Å². The Labute approximate surface area is 353 Å². The quantitative estimate of drug-likeness (QED) is 0.139. The summed E-state index contributed by atoms with van der Waals surface area (Å²) in [5, 5.41) is 2.95. The summed E-state index contributed by atoms with van der Waals surface area (Å²) >= 11 is 3.61. The number of aryl methyl sites for hydroxylation is 1. The van der Waals surface area contributed by atoms with E-state index in [-0.39, 0.29) is 24.9 Å². The van der Waals surface area contributed by atoms with Crippen LogP contribution in [-0.2, 0) is 20.7 Å². The Bertz CT molecular complexity index is 2540. The van der Waals surface area contributed by atoms with Crippen LogP contribution < -0.4 is 19.7 Å². The Morgan fingerprint density at radius 3 is 1.90 bits per heavy atom. The van der Waals surface area contributed by atoms with Gasteiger partial charge >= 0.3 is 0 Å². The molecule has 2 aliphatic rings. The number of benzodiazepines with no additional fused rings is 2. The van der Waals surface area contributed by atoms with Crippen molar-refractivity contribution < 1.29 is 23.8 Å². The molecule has 298 valence electrons. The fraction of sp³-hybridized carbons (Fsp3) is 0.184. The van der Waals surface area contributed by atoms with Gasteiger partial charge in [0.1, 0.15) is 24.6 Å². The number of carbonyl (C=O) groups is 2. The summed E-state index contributed by atoms with van der Waals surface area (Å²) < 4.78 is 17.4. The lowest BCUT2D eigenvalue weighted by atomic mass is 9.93. The first-order valence-electron chi connectivity index (χ1n) is 19.3. The summed E-state index contributed by atoms with van der Waals surface area (Å²) in [6, 6.07) is 44.4. The predicted octanol–water partition coefficient (Wildman–Crippen LogP) is 9.67. The van der Waals surface area contributed by atoms with Crippen LogP contribution in [0.4, 0.5) is 11.4 Å². The minimum atomic E-state index is -0.146. The summed E-state index contributed by atoms with van der Waals surface area (Å²) in [5.41, 5.74) is 12.1. The molecule has 0 radical (unpaired) electrons. The first-order chi connectivity index (χ1) is 28.8. The molecule has 6 aromatic rings. The number of nitrogens with zero attached hydrogens (tertiary/aromatic N) is 3. The lowest BCUT2D eigenvalue weighted by molar-refractivity contribution is -0.117. The van der Waals surface area contributed by atoms with E-state index in [1.807, 2.05) is 91.0 Å². The van der Waals surface area contributed by atoms with E-state index >= 15 is 0 Å². The number of hydrogen-bond acceptors (Lipinski definition) is 7. The number of methoxy groups -OCH3 is 3. The van der Waals surface area contributed by atoms with Gasteiger partial charge in [0.25, 0.3) is 0 Å². The van der Waals surface area contributed by atoms with E-state index in [9.17, 15) is 9.59 Å². The van der Waals surface area contributed by atoms with Crippen LogP contribution in [0.5, 0.6) is 11.5 Å². The van der Waals surface area contributed by atoms with Crippen LogP contribution in [0, 0.1) is 0 Å². The van der Waals surface area contributed by atoms with E-state index in [4.69, 9.17) is 19.2 Å². The molecule has 2 amide bonds. The van der Waals surface area contributed by atoms with Gasteiger partial charge < -0.3 is 24.4 Å². The molecule has 2 aliphatic heterocycles. The van der Waals surface area contributed by atoms with Crippen molar-refractivity contribution in [1.82, 2.24) is 0 Å². The lowest BCUT2D eigenvalue weighted by Crippen LogP contribution is -2.27. The number of hydrogen-bond donors (Lipinski definition) is 1. The van der Waals surface area contributed by atoms with Crippen molar-refractivity contribution in [2.45, 2.75) is 12.8 Å². The van der Waals surface area contributed by atoms with E-state index < -0.39 is 0 Å². The Kier molecular flexibility index (Phi) is 13.1. The number of anilines is 2. The molecule has 9 nitrogen and oxygen atoms in total. The average molecular weight is 850 g/mol. The van der Waals surface area contributed by atoms with Gasteiger partial charge in [0.05, 0.1) is 37.0 Å². The van der Waals surface area contributed by atoms with Gasteiger partial charge in [0.2, 0.25) is 11.8 Å². The number of rotatable bonds is 10. The molecule has 0 saturated carbocycles. The van der Waals surface area contributed by atoms with Gasteiger partial charge in [-0.05, 0) is 53.8 Å². The number of ether oxygens (including phenoxy) is 3. The first kappa shape index (κ1) is 40.8. The van der Waals surface area contributed by atoms with Crippen molar-refractivity contribution in [3.63, 3.8) is 0 Å². The fourth-order valence-electron chi connectivity index (χ4n) is 7.26. The maximum atomic E-state index is 12.7. The normalized spacial score (nSPS) is 13.3. The zero-order chi connectivity index (χ0) is 41.3. The largest absolute Gasteiger partial charge is 0.496 e. The molecule has 59 heavy (non-hydrogen) atoms. The third-order valence-corrected chi connectivity index (χ3v) is 10.9. The number of aliphatic imine (C=N–C) groups is 2. The molecule has 0 unspecified atom stereocenters. The van der Waals surface area contributed by atoms with Crippen LogP contribution in [0.3, 0.4) is 0 Å². The molecular formula is C49H45BrN4O5. The van der Waals surface area contributed by atoms with Gasteiger partial charge in [-0.3, -0.25) is 19.6 Å². The zero-order valence-electron chi connectivity index (χ0n) is 33.5. The number of fused-ring (bicyclic) bond motifs is 2. The molecule has 6 aromatic carbocycles. The summed E-state index contributed by atoms with van der Waals surface area (Å²) in [7, 11) is 6.81. The van der Waals surface area contributed by atoms with Crippen molar-refractivity contribution in [2.24, 2.45) is 9.98 Å². The third-order valence-electron chi connectivity index (χ3n) is 10.2. The molecule has 1 N–H and O–H groups in total. The highest BCUT2D eigenvalue weighted by Gasteiger charge is 2.26. The second kappa shape index (κ2) is 18.9. The van der Waals surface area contributed by atoms with Crippen molar-refractivity contribution in [1.29, 1.82) is 0 Å². The Hall–Kier alpha value is -6.36. The molecule has 0 aromatic heterocycles. The minimum absolute atomic E-state index is 0.0491. The van der Waals surface area contributed by atoms with Gasteiger partial charge in [-0.1, -0.05) is 113 Å². The molecule has 8 rings (SSSR count). The molecule has 0 saturated heterocycles. The maximum absolute atomic E-state index is 12.7. The summed E-state index contributed by atoms with van der Waals surface area (Å²) in [5.74, 6) is 1.23.